The number of benzene rings is 1. The number of nitrogens with one attached hydrogen (secondary N) is 1. The fourth-order valence-corrected chi connectivity index (χ4v) is 2.41. The van der Waals surface area contributed by atoms with Gasteiger partial charge in [0.15, 0.2) is 17.3 Å². The van der Waals surface area contributed by atoms with Crippen molar-refractivity contribution < 1.29 is 23.4 Å². The first kappa shape index (κ1) is 15.4. The molecule has 0 bridgehead atoms. The minimum atomic E-state index is -0.282. The van der Waals surface area contributed by atoms with Crippen molar-refractivity contribution >= 4 is 5.91 Å². The maximum absolute atomic E-state index is 12.0. The minimum Gasteiger partial charge on any atom is -0.493 e. The van der Waals surface area contributed by atoms with Crippen LogP contribution >= 0.6 is 0 Å². The normalized spacial score (nSPS) is 17.0. The van der Waals surface area contributed by atoms with Crippen LogP contribution in [0.15, 0.2) is 40.8 Å². The summed E-state index contributed by atoms with van der Waals surface area (Å²) in [6.07, 6.45) is 2.11. The molecule has 1 amide bonds. The topological polar surface area (TPSA) is 69.9 Å². The van der Waals surface area contributed by atoms with Gasteiger partial charge in [-0.3, -0.25) is 4.79 Å². The molecule has 23 heavy (non-hydrogen) atoms. The van der Waals surface area contributed by atoms with Gasteiger partial charge in [0.05, 0.1) is 13.2 Å². The Balaban J connectivity index is 1.59. The quantitative estimate of drug-likeness (QED) is 0.887. The number of rotatable bonds is 6. The Hall–Kier alpha value is -2.47. The molecule has 1 aliphatic rings. The van der Waals surface area contributed by atoms with Crippen LogP contribution in [0.4, 0.5) is 0 Å². The maximum atomic E-state index is 12.0. The second-order valence-corrected chi connectivity index (χ2v) is 5.22. The number of para-hydroxylation sites is 2. The van der Waals surface area contributed by atoms with Gasteiger partial charge in [-0.15, -0.1) is 0 Å². The maximum Gasteiger partial charge on any atom is 0.290 e. The van der Waals surface area contributed by atoms with Crippen molar-refractivity contribution in [2.24, 2.45) is 0 Å². The summed E-state index contributed by atoms with van der Waals surface area (Å²) >= 11 is 0. The third-order valence-corrected chi connectivity index (χ3v) is 3.60. The molecule has 122 valence electrons. The molecule has 0 aliphatic carbocycles. The fourth-order valence-electron chi connectivity index (χ4n) is 2.41. The number of methoxy groups -OCH3 is 1. The fraction of sp³-hybridized carbons (Fsp3) is 0.353. The van der Waals surface area contributed by atoms with E-state index in [4.69, 9.17) is 18.6 Å². The lowest BCUT2D eigenvalue weighted by Crippen LogP contribution is -2.31. The zero-order chi connectivity index (χ0) is 16.1. The van der Waals surface area contributed by atoms with E-state index < -0.39 is 0 Å². The SMILES string of the molecule is COc1ccccc1Oc1ccc(C(=O)NC[C@H]2CCCO2)o1. The van der Waals surface area contributed by atoms with Crippen LogP contribution in [0.25, 0.3) is 0 Å². The molecule has 1 aromatic heterocycles. The predicted molar refractivity (Wildman–Crippen MR) is 83.1 cm³/mol. The van der Waals surface area contributed by atoms with Gasteiger partial charge in [-0.2, -0.15) is 0 Å². The van der Waals surface area contributed by atoms with Gasteiger partial charge >= 0.3 is 0 Å². The molecule has 0 saturated carbocycles. The average molecular weight is 317 g/mol. The van der Waals surface area contributed by atoms with Gasteiger partial charge in [-0.05, 0) is 31.0 Å². The van der Waals surface area contributed by atoms with E-state index in [9.17, 15) is 4.79 Å². The molecule has 1 fully saturated rings. The Kier molecular flexibility index (Phi) is 4.83. The van der Waals surface area contributed by atoms with Gasteiger partial charge in [0.1, 0.15) is 0 Å². The minimum absolute atomic E-state index is 0.0956. The molecule has 1 saturated heterocycles. The predicted octanol–water partition coefficient (Wildman–Crippen LogP) is 2.99. The molecule has 0 radical (unpaired) electrons. The highest BCUT2D eigenvalue weighted by Crippen LogP contribution is 2.31. The van der Waals surface area contributed by atoms with Gasteiger partial charge in [-0.1, -0.05) is 12.1 Å². The van der Waals surface area contributed by atoms with E-state index >= 15 is 0 Å². The zero-order valence-corrected chi connectivity index (χ0v) is 12.9. The molecule has 1 N–H and O–H groups in total. The summed E-state index contributed by atoms with van der Waals surface area (Å²) in [6.45, 7) is 1.25. The van der Waals surface area contributed by atoms with Crippen LogP contribution in [0, 0.1) is 0 Å². The van der Waals surface area contributed by atoms with Crippen LogP contribution < -0.4 is 14.8 Å². The number of hydrogen-bond donors (Lipinski definition) is 1. The number of hydrogen-bond acceptors (Lipinski definition) is 5. The average Bonchev–Trinajstić information content (AvgIpc) is 3.25. The Morgan fingerprint density at radius 1 is 1.26 bits per heavy atom. The largest absolute Gasteiger partial charge is 0.493 e. The Morgan fingerprint density at radius 3 is 2.83 bits per heavy atom. The molecule has 6 nitrogen and oxygen atoms in total. The Morgan fingerprint density at radius 2 is 2.09 bits per heavy atom. The van der Waals surface area contributed by atoms with Crippen molar-refractivity contribution in [3.63, 3.8) is 0 Å². The molecule has 0 spiro atoms. The molecule has 6 heteroatoms. The number of ether oxygens (including phenoxy) is 3. The van der Waals surface area contributed by atoms with Crippen LogP contribution in [-0.2, 0) is 4.74 Å². The zero-order valence-electron chi connectivity index (χ0n) is 12.9. The smallest absolute Gasteiger partial charge is 0.290 e. The first-order valence-corrected chi connectivity index (χ1v) is 7.57. The van der Waals surface area contributed by atoms with Crippen molar-refractivity contribution in [2.45, 2.75) is 18.9 Å². The summed E-state index contributed by atoms with van der Waals surface area (Å²) in [5.74, 6) is 1.27. The molecule has 1 aromatic carbocycles. The van der Waals surface area contributed by atoms with Crippen LogP contribution in [0.3, 0.4) is 0 Å². The van der Waals surface area contributed by atoms with Crippen LogP contribution in [-0.4, -0.2) is 32.3 Å². The third-order valence-electron chi connectivity index (χ3n) is 3.60. The summed E-state index contributed by atoms with van der Waals surface area (Å²) in [7, 11) is 1.56. The van der Waals surface area contributed by atoms with E-state index in [-0.39, 0.29) is 23.7 Å². The lowest BCUT2D eigenvalue weighted by Gasteiger charge is -2.09. The van der Waals surface area contributed by atoms with E-state index in [1.807, 2.05) is 12.1 Å². The monoisotopic (exact) mass is 317 g/mol. The van der Waals surface area contributed by atoms with Crippen molar-refractivity contribution in [3.05, 3.63) is 42.2 Å². The van der Waals surface area contributed by atoms with E-state index in [1.54, 1.807) is 31.4 Å². The molecule has 0 unspecified atom stereocenters. The van der Waals surface area contributed by atoms with Crippen LogP contribution in [0.1, 0.15) is 23.4 Å². The number of amides is 1. The van der Waals surface area contributed by atoms with Gasteiger partial charge in [0.25, 0.3) is 11.9 Å². The Labute approximate surface area is 134 Å². The van der Waals surface area contributed by atoms with Gasteiger partial charge < -0.3 is 23.9 Å². The van der Waals surface area contributed by atoms with Gasteiger partial charge in [0, 0.05) is 19.2 Å². The highest BCUT2D eigenvalue weighted by atomic mass is 16.6. The van der Waals surface area contributed by atoms with Crippen molar-refractivity contribution in [1.82, 2.24) is 5.32 Å². The molecular formula is C17H19NO5. The highest BCUT2D eigenvalue weighted by molar-refractivity contribution is 5.91. The van der Waals surface area contributed by atoms with Gasteiger partial charge in [0.2, 0.25) is 0 Å². The van der Waals surface area contributed by atoms with Crippen LogP contribution in [0.2, 0.25) is 0 Å². The summed E-state index contributed by atoms with van der Waals surface area (Å²) in [6, 6.07) is 10.4. The Bertz CT molecular complexity index is 661. The molecule has 2 aromatic rings. The molecular weight excluding hydrogens is 298 g/mol. The summed E-state index contributed by atoms with van der Waals surface area (Å²) < 4.78 is 21.7. The first-order valence-electron chi connectivity index (χ1n) is 7.57. The summed E-state index contributed by atoms with van der Waals surface area (Å²) in [5, 5.41) is 2.80. The molecule has 2 heterocycles. The molecule has 3 rings (SSSR count). The number of carbonyl (C=O) groups excluding carboxylic acids is 1. The third kappa shape index (κ3) is 3.84. The van der Waals surface area contributed by atoms with Gasteiger partial charge in [-0.25, -0.2) is 0 Å². The summed E-state index contributed by atoms with van der Waals surface area (Å²) in [4.78, 5) is 12.0. The molecule has 1 aliphatic heterocycles. The number of carbonyl (C=O) groups is 1. The lowest BCUT2D eigenvalue weighted by molar-refractivity contribution is 0.0831. The highest BCUT2D eigenvalue weighted by Gasteiger charge is 2.18. The van der Waals surface area contributed by atoms with Crippen molar-refractivity contribution in [1.29, 1.82) is 0 Å². The van der Waals surface area contributed by atoms with Crippen molar-refractivity contribution in [2.75, 3.05) is 20.3 Å². The standard InChI is InChI=1S/C17H19NO5/c1-20-13-6-2-3-7-14(13)22-16-9-8-15(23-16)17(19)18-11-12-5-4-10-21-12/h2-3,6-9,12H,4-5,10-11H2,1H3,(H,18,19)/t12-/m1/s1. The van der Waals surface area contributed by atoms with Crippen LogP contribution in [0.5, 0.6) is 17.4 Å². The van der Waals surface area contributed by atoms with E-state index in [0.29, 0.717) is 18.0 Å². The first-order chi connectivity index (χ1) is 11.3. The molecule has 1 atom stereocenters. The second-order valence-electron chi connectivity index (χ2n) is 5.22. The summed E-state index contributed by atoms with van der Waals surface area (Å²) in [5.41, 5.74) is 0. The van der Waals surface area contributed by atoms with Crippen molar-refractivity contribution in [3.8, 4) is 17.4 Å². The number of furan rings is 1. The lowest BCUT2D eigenvalue weighted by atomic mass is 10.2. The van der Waals surface area contributed by atoms with E-state index in [1.165, 1.54) is 0 Å². The second kappa shape index (κ2) is 7.19. The van der Waals surface area contributed by atoms with E-state index in [0.717, 1.165) is 19.4 Å². The van der Waals surface area contributed by atoms with E-state index in [2.05, 4.69) is 5.32 Å².